The molecular formula is C25H24Cl2N2O2. The fourth-order valence-corrected chi connectivity index (χ4v) is 4.45. The first-order chi connectivity index (χ1) is 15.1. The highest BCUT2D eigenvalue weighted by Gasteiger charge is 2.32. The molecule has 1 fully saturated rings. The van der Waals surface area contributed by atoms with Crippen LogP contribution in [-0.4, -0.2) is 37.1 Å². The molecular weight excluding hydrogens is 431 g/mol. The topological polar surface area (TPSA) is 41.6 Å². The Labute approximate surface area is 192 Å². The van der Waals surface area contributed by atoms with Gasteiger partial charge in [0.25, 0.3) is 0 Å². The van der Waals surface area contributed by atoms with Gasteiger partial charge in [-0.15, -0.1) is 0 Å². The molecule has 4 rings (SSSR count). The molecule has 6 heteroatoms. The predicted molar refractivity (Wildman–Crippen MR) is 124 cm³/mol. The highest BCUT2D eigenvalue weighted by Crippen LogP contribution is 2.32. The molecule has 160 valence electrons. The van der Waals surface area contributed by atoms with Gasteiger partial charge in [0.05, 0.1) is 19.3 Å². The number of nitrogens with one attached hydrogen (secondary N) is 1. The monoisotopic (exact) mass is 454 g/mol. The average molecular weight is 455 g/mol. The minimum absolute atomic E-state index is 0.108. The fourth-order valence-electron chi connectivity index (χ4n) is 3.93. The summed E-state index contributed by atoms with van der Waals surface area (Å²) in [6.07, 6.45) is 0. The Morgan fingerprint density at radius 1 is 0.871 bits per heavy atom. The first-order valence-corrected chi connectivity index (χ1v) is 11.1. The Morgan fingerprint density at radius 2 is 1.45 bits per heavy atom. The minimum atomic E-state index is -0.538. The van der Waals surface area contributed by atoms with Gasteiger partial charge in [0.1, 0.15) is 6.04 Å². The molecule has 1 aliphatic heterocycles. The number of halogens is 2. The molecule has 0 saturated carbocycles. The maximum absolute atomic E-state index is 13.8. The molecule has 1 unspecified atom stereocenters. The number of hydrogen-bond donors (Lipinski definition) is 1. The lowest BCUT2D eigenvalue weighted by molar-refractivity contribution is -0.129. The average Bonchev–Trinajstić information content (AvgIpc) is 2.81. The van der Waals surface area contributed by atoms with Crippen molar-refractivity contribution < 1.29 is 9.53 Å². The molecule has 0 spiro atoms. The summed E-state index contributed by atoms with van der Waals surface area (Å²) in [5.41, 5.74) is 2.78. The van der Waals surface area contributed by atoms with Crippen LogP contribution in [0.3, 0.4) is 0 Å². The first kappa shape index (κ1) is 21.8. The fraction of sp³-hybridized carbons (Fsp3) is 0.240. The van der Waals surface area contributed by atoms with Gasteiger partial charge in [-0.05, 0) is 28.8 Å². The zero-order chi connectivity index (χ0) is 21.6. The summed E-state index contributed by atoms with van der Waals surface area (Å²) in [4.78, 5) is 15.9. The van der Waals surface area contributed by atoms with Crippen molar-refractivity contribution in [3.63, 3.8) is 0 Å². The van der Waals surface area contributed by atoms with Crippen molar-refractivity contribution in [2.24, 2.45) is 0 Å². The second-order valence-electron chi connectivity index (χ2n) is 7.48. The Bertz CT molecular complexity index is 969. The number of benzene rings is 3. The number of nitrogens with zero attached hydrogens (tertiary/aromatic N) is 1. The van der Waals surface area contributed by atoms with Gasteiger partial charge >= 0.3 is 0 Å². The van der Waals surface area contributed by atoms with E-state index in [1.54, 1.807) is 12.1 Å². The SMILES string of the molecule is O=C(NC(c1ccccc1)c1ccccc1)C(c1ccc(Cl)cc1Cl)N1CCOCC1. The standard InChI is InChI=1S/C25H24Cl2N2O2/c26-20-11-12-21(22(27)17-20)24(29-13-15-31-16-14-29)25(30)28-23(18-7-3-1-4-8-18)19-9-5-2-6-10-19/h1-12,17,23-24H,13-16H2,(H,28,30). The molecule has 1 saturated heterocycles. The Hall–Kier alpha value is -2.37. The van der Waals surface area contributed by atoms with Crippen LogP contribution in [0.4, 0.5) is 0 Å². The Balaban J connectivity index is 1.69. The van der Waals surface area contributed by atoms with Crippen molar-refractivity contribution in [2.45, 2.75) is 12.1 Å². The van der Waals surface area contributed by atoms with Crippen LogP contribution in [0.5, 0.6) is 0 Å². The van der Waals surface area contributed by atoms with E-state index in [9.17, 15) is 4.79 Å². The molecule has 1 atom stereocenters. The summed E-state index contributed by atoms with van der Waals surface area (Å²) in [6, 6.07) is 24.4. The molecule has 3 aromatic carbocycles. The van der Waals surface area contributed by atoms with E-state index in [0.717, 1.165) is 16.7 Å². The van der Waals surface area contributed by atoms with E-state index in [1.165, 1.54) is 0 Å². The molecule has 1 amide bonds. The van der Waals surface area contributed by atoms with Crippen LogP contribution < -0.4 is 5.32 Å². The normalized spacial score (nSPS) is 15.6. The van der Waals surface area contributed by atoms with E-state index >= 15 is 0 Å². The highest BCUT2D eigenvalue weighted by molar-refractivity contribution is 6.35. The molecule has 0 aromatic heterocycles. The number of amides is 1. The molecule has 1 N–H and O–H groups in total. The summed E-state index contributed by atoms with van der Waals surface area (Å²) >= 11 is 12.6. The molecule has 1 heterocycles. The number of rotatable bonds is 6. The number of morpholine rings is 1. The number of carbonyl (C=O) groups is 1. The highest BCUT2D eigenvalue weighted by atomic mass is 35.5. The van der Waals surface area contributed by atoms with Gasteiger partial charge in [-0.3, -0.25) is 9.69 Å². The molecule has 3 aromatic rings. The van der Waals surface area contributed by atoms with Crippen LogP contribution in [-0.2, 0) is 9.53 Å². The van der Waals surface area contributed by atoms with Crippen molar-refractivity contribution in [3.8, 4) is 0 Å². The van der Waals surface area contributed by atoms with Crippen LogP contribution in [0.25, 0.3) is 0 Å². The molecule has 1 aliphatic rings. The number of hydrogen-bond acceptors (Lipinski definition) is 3. The van der Waals surface area contributed by atoms with Gasteiger partial charge < -0.3 is 10.1 Å². The van der Waals surface area contributed by atoms with Crippen LogP contribution in [0.15, 0.2) is 78.9 Å². The van der Waals surface area contributed by atoms with Crippen molar-refractivity contribution in [2.75, 3.05) is 26.3 Å². The third-order valence-corrected chi connectivity index (χ3v) is 6.03. The Morgan fingerprint density at radius 3 is 2.00 bits per heavy atom. The van der Waals surface area contributed by atoms with Crippen molar-refractivity contribution >= 4 is 29.1 Å². The van der Waals surface area contributed by atoms with E-state index in [2.05, 4.69) is 10.2 Å². The van der Waals surface area contributed by atoms with E-state index in [-0.39, 0.29) is 11.9 Å². The second kappa shape index (κ2) is 10.3. The van der Waals surface area contributed by atoms with Gasteiger partial charge in [-0.1, -0.05) is 89.9 Å². The van der Waals surface area contributed by atoms with E-state index in [4.69, 9.17) is 27.9 Å². The van der Waals surface area contributed by atoms with Crippen LogP contribution >= 0.6 is 23.2 Å². The van der Waals surface area contributed by atoms with E-state index in [0.29, 0.717) is 36.3 Å². The quantitative estimate of drug-likeness (QED) is 0.551. The zero-order valence-electron chi connectivity index (χ0n) is 17.0. The summed E-state index contributed by atoms with van der Waals surface area (Å²) in [6.45, 7) is 2.46. The van der Waals surface area contributed by atoms with Crippen molar-refractivity contribution in [1.82, 2.24) is 10.2 Å². The lowest BCUT2D eigenvalue weighted by Gasteiger charge is -2.35. The van der Waals surface area contributed by atoms with Crippen molar-refractivity contribution in [3.05, 3.63) is 106 Å². The smallest absolute Gasteiger partial charge is 0.242 e. The molecule has 31 heavy (non-hydrogen) atoms. The summed E-state index contributed by atoms with van der Waals surface area (Å²) in [5, 5.41) is 4.30. The minimum Gasteiger partial charge on any atom is -0.379 e. The Kier molecular flexibility index (Phi) is 7.25. The van der Waals surface area contributed by atoms with Gasteiger partial charge in [0.2, 0.25) is 5.91 Å². The maximum atomic E-state index is 13.8. The zero-order valence-corrected chi connectivity index (χ0v) is 18.5. The number of carbonyl (C=O) groups excluding carboxylic acids is 1. The van der Waals surface area contributed by atoms with Gasteiger partial charge in [-0.2, -0.15) is 0 Å². The van der Waals surface area contributed by atoms with Crippen LogP contribution in [0.2, 0.25) is 10.0 Å². The summed E-state index contributed by atoms with van der Waals surface area (Å²) in [5.74, 6) is -0.108. The second-order valence-corrected chi connectivity index (χ2v) is 8.32. The number of ether oxygens (including phenoxy) is 1. The largest absolute Gasteiger partial charge is 0.379 e. The summed E-state index contributed by atoms with van der Waals surface area (Å²) < 4.78 is 5.51. The third kappa shape index (κ3) is 5.28. The van der Waals surface area contributed by atoms with E-state index < -0.39 is 6.04 Å². The van der Waals surface area contributed by atoms with Crippen LogP contribution in [0, 0.1) is 0 Å². The van der Waals surface area contributed by atoms with Gasteiger partial charge in [0, 0.05) is 23.1 Å². The molecule has 0 radical (unpaired) electrons. The molecule has 4 nitrogen and oxygen atoms in total. The van der Waals surface area contributed by atoms with Crippen molar-refractivity contribution in [1.29, 1.82) is 0 Å². The first-order valence-electron chi connectivity index (χ1n) is 10.3. The van der Waals surface area contributed by atoms with Gasteiger partial charge in [0.15, 0.2) is 0 Å². The van der Waals surface area contributed by atoms with Crippen LogP contribution in [0.1, 0.15) is 28.8 Å². The lowest BCUT2D eigenvalue weighted by Crippen LogP contribution is -2.46. The molecule has 0 aliphatic carbocycles. The molecule has 0 bridgehead atoms. The van der Waals surface area contributed by atoms with Gasteiger partial charge in [-0.25, -0.2) is 0 Å². The summed E-state index contributed by atoms with van der Waals surface area (Å²) in [7, 11) is 0. The third-order valence-electron chi connectivity index (χ3n) is 5.47. The predicted octanol–water partition coefficient (Wildman–Crippen LogP) is 5.27. The van der Waals surface area contributed by atoms with E-state index in [1.807, 2.05) is 66.7 Å². The lowest BCUT2D eigenvalue weighted by atomic mass is 9.97. The maximum Gasteiger partial charge on any atom is 0.242 e.